The van der Waals surface area contributed by atoms with Gasteiger partial charge in [0.15, 0.2) is 0 Å². The molecule has 1 atom stereocenters. The topological polar surface area (TPSA) is 15.3 Å². The highest BCUT2D eigenvalue weighted by atomic mass is 15.1. The first-order valence-corrected chi connectivity index (χ1v) is 6.56. The minimum atomic E-state index is 0.770. The predicted octanol–water partition coefficient (Wildman–Crippen LogP) is 3.13. The van der Waals surface area contributed by atoms with Crippen LogP contribution in [0, 0.1) is 0 Å². The van der Waals surface area contributed by atoms with Crippen molar-refractivity contribution in [2.24, 2.45) is 0 Å². The molecule has 0 bridgehead atoms. The summed E-state index contributed by atoms with van der Waals surface area (Å²) in [5, 5.41) is 2.93. The van der Waals surface area contributed by atoms with Crippen molar-refractivity contribution in [3.05, 3.63) is 0 Å². The van der Waals surface area contributed by atoms with Crippen molar-refractivity contribution in [2.45, 2.75) is 59.9 Å². The Morgan fingerprint density at radius 3 is 1.93 bits per heavy atom. The van der Waals surface area contributed by atoms with Crippen LogP contribution in [0.2, 0.25) is 0 Å². The Kier molecular flexibility index (Phi) is 16.1. The summed E-state index contributed by atoms with van der Waals surface area (Å²) >= 11 is 0. The van der Waals surface area contributed by atoms with E-state index in [1.807, 2.05) is 7.05 Å². The van der Waals surface area contributed by atoms with E-state index in [9.17, 15) is 0 Å². The molecule has 0 fully saturated rings. The van der Waals surface area contributed by atoms with Gasteiger partial charge in [0, 0.05) is 6.04 Å². The lowest BCUT2D eigenvalue weighted by molar-refractivity contribution is 0.211. The Labute approximate surface area is 97.4 Å². The first-order valence-electron chi connectivity index (χ1n) is 6.56. The standard InChI is InChI=1S/C10H23N.C3H9N/c1-5-8-9-11(7-3)10(4)6-2;1-3-4-2/h10H,5-9H2,1-4H3;4H,3H2,1-2H3. The molecule has 0 aromatic carbocycles. The van der Waals surface area contributed by atoms with E-state index in [2.05, 4.69) is 44.8 Å². The van der Waals surface area contributed by atoms with E-state index < -0.39 is 0 Å². The molecule has 0 spiro atoms. The maximum atomic E-state index is 2.93. The molecule has 2 heteroatoms. The molecule has 94 valence electrons. The average Bonchev–Trinajstić information content (AvgIpc) is 2.30. The van der Waals surface area contributed by atoms with Gasteiger partial charge in [0.2, 0.25) is 0 Å². The molecule has 0 saturated heterocycles. The van der Waals surface area contributed by atoms with Crippen LogP contribution in [0.5, 0.6) is 0 Å². The Bertz CT molecular complexity index is 103. The molecule has 0 aliphatic heterocycles. The van der Waals surface area contributed by atoms with Crippen LogP contribution in [0.15, 0.2) is 0 Å². The molecule has 0 aromatic heterocycles. The molecular formula is C13H32N2. The van der Waals surface area contributed by atoms with E-state index in [1.165, 1.54) is 32.4 Å². The molecule has 1 unspecified atom stereocenters. The van der Waals surface area contributed by atoms with E-state index in [4.69, 9.17) is 0 Å². The normalized spacial score (nSPS) is 12.2. The fourth-order valence-corrected chi connectivity index (χ4v) is 1.31. The second-order valence-electron chi connectivity index (χ2n) is 3.95. The predicted molar refractivity (Wildman–Crippen MR) is 71.5 cm³/mol. The van der Waals surface area contributed by atoms with Gasteiger partial charge in [-0.15, -0.1) is 0 Å². The summed E-state index contributed by atoms with van der Waals surface area (Å²) in [6, 6.07) is 0.770. The maximum Gasteiger partial charge on any atom is 0.00641 e. The third-order valence-corrected chi connectivity index (χ3v) is 2.77. The quantitative estimate of drug-likeness (QED) is 0.703. The molecule has 0 aliphatic carbocycles. The van der Waals surface area contributed by atoms with Gasteiger partial charge in [0.1, 0.15) is 0 Å². The summed E-state index contributed by atoms with van der Waals surface area (Å²) in [5.74, 6) is 0. The van der Waals surface area contributed by atoms with Crippen molar-refractivity contribution in [2.75, 3.05) is 26.7 Å². The second-order valence-corrected chi connectivity index (χ2v) is 3.95. The van der Waals surface area contributed by atoms with E-state index in [1.54, 1.807) is 0 Å². The van der Waals surface area contributed by atoms with Crippen LogP contribution in [0.4, 0.5) is 0 Å². The van der Waals surface area contributed by atoms with Crippen molar-refractivity contribution >= 4 is 0 Å². The van der Waals surface area contributed by atoms with Crippen LogP contribution in [-0.4, -0.2) is 37.6 Å². The minimum Gasteiger partial charge on any atom is -0.320 e. The van der Waals surface area contributed by atoms with Crippen LogP contribution in [0.1, 0.15) is 53.9 Å². The zero-order valence-corrected chi connectivity index (χ0v) is 11.8. The van der Waals surface area contributed by atoms with Gasteiger partial charge < -0.3 is 10.2 Å². The third kappa shape index (κ3) is 11.8. The molecule has 1 N–H and O–H groups in total. The summed E-state index contributed by atoms with van der Waals surface area (Å²) in [6.45, 7) is 14.7. The van der Waals surface area contributed by atoms with Crippen LogP contribution in [-0.2, 0) is 0 Å². The monoisotopic (exact) mass is 216 g/mol. The molecule has 2 nitrogen and oxygen atoms in total. The molecule has 0 radical (unpaired) electrons. The number of nitrogens with zero attached hydrogens (tertiary/aromatic N) is 1. The van der Waals surface area contributed by atoms with Gasteiger partial charge in [-0.1, -0.05) is 34.1 Å². The van der Waals surface area contributed by atoms with Crippen molar-refractivity contribution in [3.63, 3.8) is 0 Å². The molecule has 0 rings (SSSR count). The minimum absolute atomic E-state index is 0.770. The van der Waals surface area contributed by atoms with Crippen molar-refractivity contribution in [1.29, 1.82) is 0 Å². The highest BCUT2D eigenvalue weighted by Crippen LogP contribution is 2.04. The molecule has 0 amide bonds. The summed E-state index contributed by atoms with van der Waals surface area (Å²) in [6.07, 6.45) is 3.93. The number of unbranched alkanes of at least 4 members (excludes halogenated alkanes) is 1. The fourth-order valence-electron chi connectivity index (χ4n) is 1.31. The Morgan fingerprint density at radius 2 is 1.67 bits per heavy atom. The lowest BCUT2D eigenvalue weighted by Gasteiger charge is -2.26. The molecule has 0 aromatic rings. The Hall–Kier alpha value is -0.0800. The Morgan fingerprint density at radius 1 is 1.13 bits per heavy atom. The van der Waals surface area contributed by atoms with Gasteiger partial charge >= 0.3 is 0 Å². The maximum absolute atomic E-state index is 2.93. The van der Waals surface area contributed by atoms with Gasteiger partial charge in [-0.05, 0) is 46.4 Å². The summed E-state index contributed by atoms with van der Waals surface area (Å²) in [5.41, 5.74) is 0. The summed E-state index contributed by atoms with van der Waals surface area (Å²) in [4.78, 5) is 2.56. The number of hydrogen-bond donors (Lipinski definition) is 1. The lowest BCUT2D eigenvalue weighted by Crippen LogP contribution is -2.33. The average molecular weight is 216 g/mol. The van der Waals surface area contributed by atoms with Crippen LogP contribution < -0.4 is 5.32 Å². The zero-order valence-electron chi connectivity index (χ0n) is 11.8. The molecule has 0 heterocycles. The van der Waals surface area contributed by atoms with Gasteiger partial charge in [-0.2, -0.15) is 0 Å². The van der Waals surface area contributed by atoms with Gasteiger partial charge in [-0.25, -0.2) is 0 Å². The zero-order chi connectivity index (χ0) is 12.1. The number of nitrogens with one attached hydrogen (secondary N) is 1. The van der Waals surface area contributed by atoms with E-state index in [-0.39, 0.29) is 0 Å². The van der Waals surface area contributed by atoms with Crippen LogP contribution >= 0.6 is 0 Å². The molecule has 0 saturated carbocycles. The highest BCUT2D eigenvalue weighted by Gasteiger charge is 2.07. The van der Waals surface area contributed by atoms with Gasteiger partial charge in [-0.3, -0.25) is 0 Å². The fraction of sp³-hybridized carbons (Fsp3) is 1.00. The van der Waals surface area contributed by atoms with Crippen molar-refractivity contribution in [1.82, 2.24) is 10.2 Å². The van der Waals surface area contributed by atoms with Gasteiger partial charge in [0.05, 0.1) is 0 Å². The Balaban J connectivity index is 0. The molecule has 0 aliphatic rings. The van der Waals surface area contributed by atoms with E-state index in [0.717, 1.165) is 12.6 Å². The second kappa shape index (κ2) is 13.9. The first kappa shape index (κ1) is 17.3. The number of hydrogen-bond acceptors (Lipinski definition) is 2. The van der Waals surface area contributed by atoms with Crippen LogP contribution in [0.25, 0.3) is 0 Å². The van der Waals surface area contributed by atoms with Crippen LogP contribution in [0.3, 0.4) is 0 Å². The third-order valence-electron chi connectivity index (χ3n) is 2.77. The summed E-state index contributed by atoms with van der Waals surface area (Å²) in [7, 11) is 1.93. The van der Waals surface area contributed by atoms with Crippen molar-refractivity contribution < 1.29 is 0 Å². The smallest absolute Gasteiger partial charge is 0.00641 e. The number of rotatable bonds is 7. The SMILES string of the molecule is CCCCN(CC)C(C)CC.CCNC. The largest absolute Gasteiger partial charge is 0.320 e. The van der Waals surface area contributed by atoms with Crippen molar-refractivity contribution in [3.8, 4) is 0 Å². The van der Waals surface area contributed by atoms with Gasteiger partial charge in [0.25, 0.3) is 0 Å². The molecular weight excluding hydrogens is 184 g/mol. The highest BCUT2D eigenvalue weighted by molar-refractivity contribution is 4.63. The van der Waals surface area contributed by atoms with E-state index >= 15 is 0 Å². The summed E-state index contributed by atoms with van der Waals surface area (Å²) < 4.78 is 0. The molecule has 15 heavy (non-hydrogen) atoms. The first-order chi connectivity index (χ1) is 7.17. The van der Waals surface area contributed by atoms with E-state index in [0.29, 0.717) is 0 Å². The lowest BCUT2D eigenvalue weighted by atomic mass is 10.2.